The first kappa shape index (κ1) is 9.09. The molecule has 0 heteroatoms. The summed E-state index contributed by atoms with van der Waals surface area (Å²) in [6, 6.07) is 0. The molecular formula is C11H21. The topological polar surface area (TPSA) is 0 Å². The van der Waals surface area contributed by atoms with Gasteiger partial charge in [0.2, 0.25) is 0 Å². The first-order valence-corrected chi connectivity index (χ1v) is 5.17. The molecule has 0 aliphatic heterocycles. The number of hydrogen-bond acceptors (Lipinski definition) is 0. The van der Waals surface area contributed by atoms with E-state index in [1.165, 1.54) is 44.9 Å². The predicted molar refractivity (Wildman–Crippen MR) is 50.4 cm³/mol. The van der Waals surface area contributed by atoms with Gasteiger partial charge in [-0.15, -0.1) is 0 Å². The average molecular weight is 153 g/mol. The van der Waals surface area contributed by atoms with Gasteiger partial charge in [0.25, 0.3) is 0 Å². The van der Waals surface area contributed by atoms with Crippen LogP contribution in [0.1, 0.15) is 58.8 Å². The molecule has 1 aliphatic rings. The molecule has 0 nitrogen and oxygen atoms in total. The summed E-state index contributed by atoms with van der Waals surface area (Å²) in [7, 11) is 0. The Bertz CT molecular complexity index is 90.2. The highest BCUT2D eigenvalue weighted by Crippen LogP contribution is 2.34. The van der Waals surface area contributed by atoms with E-state index in [2.05, 4.69) is 13.8 Å². The molecule has 1 aliphatic carbocycles. The molecule has 0 aromatic carbocycles. The molecule has 0 amide bonds. The van der Waals surface area contributed by atoms with E-state index in [1.807, 2.05) is 0 Å². The van der Waals surface area contributed by atoms with Gasteiger partial charge >= 0.3 is 0 Å². The summed E-state index contributed by atoms with van der Waals surface area (Å²) in [6.45, 7) is 4.65. The third kappa shape index (κ3) is 2.84. The molecule has 1 fully saturated rings. The predicted octanol–water partition coefficient (Wildman–Crippen LogP) is 3.96. The SMILES string of the molecule is CCCC[C](C)C1CCCC1. The molecule has 1 rings (SSSR count). The fourth-order valence-corrected chi connectivity index (χ4v) is 2.08. The van der Waals surface area contributed by atoms with Gasteiger partial charge in [0.05, 0.1) is 0 Å². The summed E-state index contributed by atoms with van der Waals surface area (Å²) in [5, 5.41) is 0. The number of hydrogen-bond donors (Lipinski definition) is 0. The smallest absolute Gasteiger partial charge is 0.0241 e. The Morgan fingerprint density at radius 2 is 1.91 bits per heavy atom. The third-order valence-electron chi connectivity index (χ3n) is 2.98. The maximum atomic E-state index is 2.37. The second-order valence-corrected chi connectivity index (χ2v) is 3.93. The summed E-state index contributed by atoms with van der Waals surface area (Å²) in [6.07, 6.45) is 10.1. The van der Waals surface area contributed by atoms with Crippen molar-refractivity contribution >= 4 is 0 Å². The molecule has 0 bridgehead atoms. The Morgan fingerprint density at radius 3 is 2.45 bits per heavy atom. The lowest BCUT2D eigenvalue weighted by molar-refractivity contribution is 0.516. The maximum absolute atomic E-state index is 2.37. The highest BCUT2D eigenvalue weighted by atomic mass is 14.3. The van der Waals surface area contributed by atoms with Crippen LogP contribution in [0.15, 0.2) is 0 Å². The molecule has 11 heavy (non-hydrogen) atoms. The van der Waals surface area contributed by atoms with E-state index in [1.54, 1.807) is 5.92 Å². The average Bonchev–Trinajstić information content (AvgIpc) is 2.52. The first-order valence-electron chi connectivity index (χ1n) is 5.17. The lowest BCUT2D eigenvalue weighted by atomic mass is 9.88. The minimum absolute atomic E-state index is 1.00. The maximum Gasteiger partial charge on any atom is -0.0241 e. The van der Waals surface area contributed by atoms with Crippen LogP contribution in [0.5, 0.6) is 0 Å². The third-order valence-corrected chi connectivity index (χ3v) is 2.98. The van der Waals surface area contributed by atoms with Gasteiger partial charge in [0.15, 0.2) is 0 Å². The van der Waals surface area contributed by atoms with Gasteiger partial charge in [-0.05, 0) is 31.1 Å². The summed E-state index contributed by atoms with van der Waals surface area (Å²) < 4.78 is 0. The van der Waals surface area contributed by atoms with Gasteiger partial charge in [-0.2, -0.15) is 0 Å². The van der Waals surface area contributed by atoms with Crippen molar-refractivity contribution in [3.8, 4) is 0 Å². The Morgan fingerprint density at radius 1 is 1.27 bits per heavy atom. The van der Waals surface area contributed by atoms with E-state index in [0.29, 0.717) is 0 Å². The zero-order chi connectivity index (χ0) is 8.10. The van der Waals surface area contributed by atoms with Crippen molar-refractivity contribution in [2.75, 3.05) is 0 Å². The Labute approximate surface area is 71.4 Å². The van der Waals surface area contributed by atoms with Crippen molar-refractivity contribution in [3.63, 3.8) is 0 Å². The van der Waals surface area contributed by atoms with Crippen LogP contribution < -0.4 is 0 Å². The van der Waals surface area contributed by atoms with Gasteiger partial charge < -0.3 is 0 Å². The molecule has 0 saturated heterocycles. The van der Waals surface area contributed by atoms with Crippen molar-refractivity contribution in [1.29, 1.82) is 0 Å². The van der Waals surface area contributed by atoms with Crippen LogP contribution in [0.25, 0.3) is 0 Å². The Hall–Kier alpha value is 0. The summed E-state index contributed by atoms with van der Waals surface area (Å²) in [5.41, 5.74) is 0. The number of rotatable bonds is 4. The molecule has 0 atom stereocenters. The second kappa shape index (κ2) is 4.79. The molecule has 0 aromatic rings. The van der Waals surface area contributed by atoms with Crippen LogP contribution >= 0.6 is 0 Å². The van der Waals surface area contributed by atoms with Crippen molar-refractivity contribution in [2.24, 2.45) is 5.92 Å². The highest BCUT2D eigenvalue weighted by Gasteiger charge is 2.20. The largest absolute Gasteiger partial charge is 0.0654 e. The van der Waals surface area contributed by atoms with Crippen LogP contribution in [0, 0.1) is 11.8 Å². The highest BCUT2D eigenvalue weighted by molar-refractivity contribution is 4.93. The zero-order valence-corrected chi connectivity index (χ0v) is 8.03. The molecule has 0 unspecified atom stereocenters. The van der Waals surface area contributed by atoms with Gasteiger partial charge in [0.1, 0.15) is 0 Å². The molecule has 0 spiro atoms. The zero-order valence-electron chi connectivity index (χ0n) is 8.03. The molecule has 1 radical (unpaired) electrons. The van der Waals surface area contributed by atoms with Crippen LogP contribution in [0.2, 0.25) is 0 Å². The van der Waals surface area contributed by atoms with Crippen LogP contribution in [-0.2, 0) is 0 Å². The molecule has 0 aromatic heterocycles. The van der Waals surface area contributed by atoms with Gasteiger partial charge in [-0.25, -0.2) is 0 Å². The van der Waals surface area contributed by atoms with Crippen LogP contribution in [0.4, 0.5) is 0 Å². The van der Waals surface area contributed by atoms with Gasteiger partial charge in [-0.3, -0.25) is 0 Å². The minimum atomic E-state index is 1.00. The van der Waals surface area contributed by atoms with E-state index >= 15 is 0 Å². The lowest BCUT2D eigenvalue weighted by Gasteiger charge is -2.17. The Kier molecular flexibility index (Phi) is 3.96. The minimum Gasteiger partial charge on any atom is -0.0654 e. The first-order chi connectivity index (χ1) is 5.34. The van der Waals surface area contributed by atoms with E-state index < -0.39 is 0 Å². The molecule has 65 valence electrons. The second-order valence-electron chi connectivity index (χ2n) is 3.93. The lowest BCUT2D eigenvalue weighted by Crippen LogP contribution is -2.04. The van der Waals surface area contributed by atoms with Crippen molar-refractivity contribution < 1.29 is 0 Å². The normalized spacial score (nSPS) is 19.9. The van der Waals surface area contributed by atoms with Crippen LogP contribution in [0.3, 0.4) is 0 Å². The standard InChI is InChI=1S/C11H21/c1-3-4-7-10(2)11-8-5-6-9-11/h11H,3-9H2,1-2H3. The molecule has 0 heterocycles. The number of unbranched alkanes of at least 4 members (excludes halogenated alkanes) is 1. The van der Waals surface area contributed by atoms with E-state index in [9.17, 15) is 0 Å². The van der Waals surface area contributed by atoms with Gasteiger partial charge in [-0.1, -0.05) is 39.5 Å². The summed E-state index contributed by atoms with van der Waals surface area (Å²) in [4.78, 5) is 0. The van der Waals surface area contributed by atoms with E-state index in [-0.39, 0.29) is 0 Å². The summed E-state index contributed by atoms with van der Waals surface area (Å²) >= 11 is 0. The van der Waals surface area contributed by atoms with Crippen LogP contribution in [-0.4, -0.2) is 0 Å². The monoisotopic (exact) mass is 153 g/mol. The van der Waals surface area contributed by atoms with Crippen molar-refractivity contribution in [3.05, 3.63) is 5.92 Å². The fourth-order valence-electron chi connectivity index (χ4n) is 2.08. The van der Waals surface area contributed by atoms with E-state index in [4.69, 9.17) is 0 Å². The quantitative estimate of drug-likeness (QED) is 0.573. The summed E-state index contributed by atoms with van der Waals surface area (Å²) in [5.74, 6) is 2.78. The van der Waals surface area contributed by atoms with Gasteiger partial charge in [0, 0.05) is 0 Å². The van der Waals surface area contributed by atoms with Crippen molar-refractivity contribution in [2.45, 2.75) is 58.8 Å². The van der Waals surface area contributed by atoms with Crippen molar-refractivity contribution in [1.82, 2.24) is 0 Å². The molecule has 1 saturated carbocycles. The molecule has 0 N–H and O–H groups in total. The fraction of sp³-hybridized carbons (Fsp3) is 0.909. The van der Waals surface area contributed by atoms with E-state index in [0.717, 1.165) is 5.92 Å². The molecular weight excluding hydrogens is 132 g/mol. The Balaban J connectivity index is 2.12.